The van der Waals surface area contributed by atoms with Gasteiger partial charge in [-0.25, -0.2) is 4.79 Å². The molecule has 0 radical (unpaired) electrons. The largest absolute Gasteiger partial charge is 0.467 e. The van der Waals surface area contributed by atoms with Gasteiger partial charge in [-0.15, -0.1) is 0 Å². The molecular formula is C26H25NO4. The van der Waals surface area contributed by atoms with Crippen LogP contribution in [0.15, 0.2) is 89.2 Å². The summed E-state index contributed by atoms with van der Waals surface area (Å²) in [6.07, 6.45) is 7.63. The number of esters is 1. The van der Waals surface area contributed by atoms with Crippen LogP contribution in [0.25, 0.3) is 11.1 Å². The Bertz CT molecular complexity index is 1040. The Morgan fingerprint density at radius 3 is 2.35 bits per heavy atom. The smallest absolute Gasteiger partial charge is 0.338 e. The van der Waals surface area contributed by atoms with Crippen molar-refractivity contribution in [1.82, 2.24) is 4.90 Å². The molecule has 3 aromatic rings. The quantitative estimate of drug-likeness (QED) is 0.472. The number of carbonyl (C=O) groups is 2. The van der Waals surface area contributed by atoms with Crippen molar-refractivity contribution in [2.24, 2.45) is 0 Å². The average Bonchev–Trinajstić information content (AvgIpc) is 3.35. The fourth-order valence-corrected chi connectivity index (χ4v) is 3.69. The molecule has 0 spiro atoms. The topological polar surface area (TPSA) is 59.8 Å². The number of rotatable bonds is 7. The van der Waals surface area contributed by atoms with E-state index >= 15 is 0 Å². The summed E-state index contributed by atoms with van der Waals surface area (Å²) in [4.78, 5) is 27.1. The lowest BCUT2D eigenvalue weighted by atomic mass is 10.0. The molecule has 1 aliphatic rings. The molecule has 4 rings (SSSR count). The van der Waals surface area contributed by atoms with Crippen LogP contribution in [0.5, 0.6) is 0 Å². The molecule has 5 nitrogen and oxygen atoms in total. The fraction of sp³-hybridized carbons (Fsp3) is 0.231. The minimum absolute atomic E-state index is 0.251. The van der Waals surface area contributed by atoms with Gasteiger partial charge in [0.25, 0.3) is 5.91 Å². The molecular weight excluding hydrogens is 390 g/mol. The monoisotopic (exact) mass is 415 g/mol. The molecule has 2 aromatic carbocycles. The average molecular weight is 415 g/mol. The zero-order valence-corrected chi connectivity index (χ0v) is 17.3. The van der Waals surface area contributed by atoms with Gasteiger partial charge in [-0.1, -0.05) is 48.5 Å². The van der Waals surface area contributed by atoms with Gasteiger partial charge >= 0.3 is 5.97 Å². The van der Waals surface area contributed by atoms with Gasteiger partial charge in [0.05, 0.1) is 18.4 Å². The fourth-order valence-electron chi connectivity index (χ4n) is 3.69. The highest BCUT2D eigenvalue weighted by Gasteiger charge is 2.22. The lowest BCUT2D eigenvalue weighted by Crippen LogP contribution is -2.34. The van der Waals surface area contributed by atoms with Gasteiger partial charge in [0.1, 0.15) is 5.76 Å². The van der Waals surface area contributed by atoms with Crippen LogP contribution in [0.4, 0.5) is 0 Å². The van der Waals surface area contributed by atoms with E-state index in [4.69, 9.17) is 9.15 Å². The van der Waals surface area contributed by atoms with Crippen LogP contribution in [0.1, 0.15) is 41.8 Å². The van der Waals surface area contributed by atoms with Gasteiger partial charge in [0, 0.05) is 5.70 Å². The molecule has 0 atom stereocenters. The Labute approximate surface area is 181 Å². The molecule has 158 valence electrons. The van der Waals surface area contributed by atoms with Crippen LogP contribution in [0, 0.1) is 0 Å². The van der Waals surface area contributed by atoms with Crippen LogP contribution in [0.2, 0.25) is 0 Å². The van der Waals surface area contributed by atoms with Crippen molar-refractivity contribution in [3.63, 3.8) is 0 Å². The molecule has 5 heteroatoms. The van der Waals surface area contributed by atoms with Crippen molar-refractivity contribution in [3.05, 3.63) is 96.1 Å². The van der Waals surface area contributed by atoms with Crippen molar-refractivity contribution < 1.29 is 18.7 Å². The zero-order valence-electron chi connectivity index (χ0n) is 17.3. The van der Waals surface area contributed by atoms with Gasteiger partial charge in [-0.2, -0.15) is 0 Å². The number of hydrogen-bond donors (Lipinski definition) is 0. The van der Waals surface area contributed by atoms with Gasteiger partial charge in [-0.05, 0) is 61.1 Å². The van der Waals surface area contributed by atoms with E-state index in [1.165, 1.54) is 0 Å². The maximum absolute atomic E-state index is 12.9. The molecule has 0 fully saturated rings. The highest BCUT2D eigenvalue weighted by atomic mass is 16.5. The standard InChI is InChI=1S/C26H25NO4/c28-25(27(18-24-12-7-17-30-24)23-10-5-2-6-11-23)19-31-26(29)22-15-13-21(14-16-22)20-8-3-1-4-9-20/h1,3-4,7-10,12-17H,2,5-6,11,18-19H2. The lowest BCUT2D eigenvalue weighted by Gasteiger charge is -2.26. The summed E-state index contributed by atoms with van der Waals surface area (Å²) in [5.74, 6) is -0.0648. The van der Waals surface area contributed by atoms with E-state index in [0.717, 1.165) is 42.5 Å². The first-order chi connectivity index (χ1) is 15.2. The van der Waals surface area contributed by atoms with E-state index in [1.807, 2.05) is 48.5 Å². The van der Waals surface area contributed by atoms with Crippen LogP contribution < -0.4 is 0 Å². The van der Waals surface area contributed by atoms with E-state index in [1.54, 1.807) is 29.4 Å². The number of nitrogens with zero attached hydrogens (tertiary/aromatic N) is 1. The van der Waals surface area contributed by atoms with Crippen molar-refractivity contribution in [2.45, 2.75) is 32.2 Å². The lowest BCUT2D eigenvalue weighted by molar-refractivity contribution is -0.133. The van der Waals surface area contributed by atoms with E-state index in [-0.39, 0.29) is 12.5 Å². The molecule has 31 heavy (non-hydrogen) atoms. The predicted molar refractivity (Wildman–Crippen MR) is 118 cm³/mol. The van der Waals surface area contributed by atoms with Crippen LogP contribution in [0.3, 0.4) is 0 Å². The van der Waals surface area contributed by atoms with Crippen molar-refractivity contribution in [2.75, 3.05) is 6.61 Å². The first-order valence-corrected chi connectivity index (χ1v) is 10.5. The molecule has 0 unspecified atom stereocenters. The first kappa shape index (κ1) is 20.7. The summed E-state index contributed by atoms with van der Waals surface area (Å²) >= 11 is 0. The highest BCUT2D eigenvalue weighted by Crippen LogP contribution is 2.24. The second-order valence-corrected chi connectivity index (χ2v) is 7.52. The summed E-state index contributed by atoms with van der Waals surface area (Å²) in [7, 11) is 0. The molecule has 1 aliphatic carbocycles. The van der Waals surface area contributed by atoms with E-state index in [2.05, 4.69) is 6.08 Å². The van der Waals surface area contributed by atoms with Crippen LogP contribution in [-0.4, -0.2) is 23.4 Å². The Hall–Kier alpha value is -3.60. The summed E-state index contributed by atoms with van der Waals surface area (Å²) in [5, 5.41) is 0. The SMILES string of the molecule is O=C(OCC(=O)N(Cc1ccco1)C1=CCCCC1)c1ccc(-c2ccccc2)cc1. The van der Waals surface area contributed by atoms with Gasteiger partial charge < -0.3 is 14.1 Å². The summed E-state index contributed by atoms with van der Waals surface area (Å²) < 4.78 is 10.8. The summed E-state index contributed by atoms with van der Waals surface area (Å²) in [5.41, 5.74) is 3.48. The Morgan fingerprint density at radius 2 is 1.68 bits per heavy atom. The second kappa shape index (κ2) is 9.94. The van der Waals surface area contributed by atoms with Gasteiger partial charge in [-0.3, -0.25) is 4.79 Å². The predicted octanol–water partition coefficient (Wildman–Crippen LogP) is 5.59. The third-order valence-electron chi connectivity index (χ3n) is 5.36. The maximum atomic E-state index is 12.9. The Kier molecular flexibility index (Phi) is 6.62. The Balaban J connectivity index is 1.39. The molecule has 0 saturated heterocycles. The molecule has 0 N–H and O–H groups in total. The summed E-state index contributed by atoms with van der Waals surface area (Å²) in [6, 6.07) is 20.8. The van der Waals surface area contributed by atoms with Gasteiger partial charge in [0.15, 0.2) is 6.61 Å². The molecule has 1 aromatic heterocycles. The van der Waals surface area contributed by atoms with Crippen molar-refractivity contribution in [3.8, 4) is 11.1 Å². The minimum atomic E-state index is -0.511. The Morgan fingerprint density at radius 1 is 0.903 bits per heavy atom. The molecule has 0 aliphatic heterocycles. The van der Waals surface area contributed by atoms with E-state index in [9.17, 15) is 9.59 Å². The molecule has 1 amide bonds. The molecule has 0 saturated carbocycles. The highest BCUT2D eigenvalue weighted by molar-refractivity contribution is 5.92. The third kappa shape index (κ3) is 5.31. The second-order valence-electron chi connectivity index (χ2n) is 7.52. The number of hydrogen-bond acceptors (Lipinski definition) is 4. The third-order valence-corrected chi connectivity index (χ3v) is 5.36. The first-order valence-electron chi connectivity index (χ1n) is 10.5. The number of benzene rings is 2. The van der Waals surface area contributed by atoms with Crippen LogP contribution in [-0.2, 0) is 16.1 Å². The van der Waals surface area contributed by atoms with E-state index < -0.39 is 5.97 Å². The number of carbonyl (C=O) groups excluding carboxylic acids is 2. The number of furan rings is 1. The normalized spacial score (nSPS) is 13.4. The number of ether oxygens (including phenoxy) is 1. The van der Waals surface area contributed by atoms with Crippen molar-refractivity contribution >= 4 is 11.9 Å². The molecule has 0 bridgehead atoms. The number of amides is 1. The summed E-state index contributed by atoms with van der Waals surface area (Å²) in [6.45, 7) is 0.0261. The minimum Gasteiger partial charge on any atom is -0.467 e. The number of allylic oxidation sites excluding steroid dienone is 2. The van der Waals surface area contributed by atoms with Crippen LogP contribution >= 0.6 is 0 Å². The van der Waals surface area contributed by atoms with Gasteiger partial charge in [0.2, 0.25) is 0 Å². The van der Waals surface area contributed by atoms with Crippen molar-refractivity contribution in [1.29, 1.82) is 0 Å². The maximum Gasteiger partial charge on any atom is 0.338 e. The molecule has 1 heterocycles. The zero-order chi connectivity index (χ0) is 21.5. The van der Waals surface area contributed by atoms with E-state index in [0.29, 0.717) is 17.9 Å².